The minimum Gasteiger partial charge on any atom is -0.461 e. The number of hydrogen-bond donors (Lipinski definition) is 3. The number of aliphatic hydroxyl groups is 3. The Morgan fingerprint density at radius 1 is 0.450 bits per heavy atom. The lowest BCUT2D eigenvalue weighted by molar-refractivity contribution is -0.900. The van der Waals surface area contributed by atoms with Crippen LogP contribution in [0.4, 0.5) is 0 Å². The van der Waals surface area contributed by atoms with Gasteiger partial charge in [-0.1, -0.05) is 95.8 Å². The van der Waals surface area contributed by atoms with Crippen LogP contribution >= 0.6 is 0 Å². The zero-order chi connectivity index (χ0) is 45.8. The van der Waals surface area contributed by atoms with Crippen LogP contribution in [0.5, 0.6) is 0 Å². The molecule has 0 saturated carbocycles. The molecule has 0 rings (SSSR count). The van der Waals surface area contributed by atoms with Crippen molar-refractivity contribution in [2.24, 2.45) is 0 Å². The van der Waals surface area contributed by atoms with Crippen molar-refractivity contribution in [3.05, 3.63) is 36.5 Å². The molecule has 0 saturated heterocycles. The fraction of sp³-hybridized carbons (Fsp3) is 0.812. The minimum atomic E-state index is -1.02. The predicted molar refractivity (Wildman–Crippen MR) is 243 cm³/mol. The highest BCUT2D eigenvalue weighted by atomic mass is 16.6. The van der Waals surface area contributed by atoms with Crippen LogP contribution in [0.15, 0.2) is 36.5 Å². The van der Waals surface area contributed by atoms with Gasteiger partial charge >= 0.3 is 17.9 Å². The molecule has 6 atom stereocenters. The summed E-state index contributed by atoms with van der Waals surface area (Å²) in [5.74, 6) is -1.66. The Labute approximate surface area is 366 Å². The normalized spacial score (nSPS) is 16.4. The molecule has 0 heterocycles. The molecular weight excluding hydrogens is 763 g/mol. The van der Waals surface area contributed by atoms with Gasteiger partial charge in [0.2, 0.25) is 0 Å². The smallest absolute Gasteiger partial charge is 0.310 e. The SMILES string of the molecule is CCCCCC(C(O)C/C=C/CC(=O)OCC(COC(=O)C/C=C/CC(O)C(CCCCC)[N+](C)(C)C)OC(=O)C/C=C/CC(O)C(CCCCC)[N+](C)(C)C)[N+](C)(C)C. The topological polar surface area (TPSA) is 140 Å². The summed E-state index contributed by atoms with van der Waals surface area (Å²) in [4.78, 5) is 38.4. The van der Waals surface area contributed by atoms with Gasteiger partial charge in [0.1, 0.15) is 49.7 Å². The summed E-state index contributed by atoms with van der Waals surface area (Å²) < 4.78 is 18.5. The number of carbonyl (C=O) groups excluding carboxylic acids is 3. The zero-order valence-electron chi connectivity index (χ0n) is 40.3. The summed E-state index contributed by atoms with van der Waals surface area (Å²) >= 11 is 0. The van der Waals surface area contributed by atoms with Gasteiger partial charge in [0.05, 0.1) is 82.7 Å². The maximum atomic E-state index is 12.9. The van der Waals surface area contributed by atoms with E-state index in [9.17, 15) is 29.7 Å². The molecule has 3 N–H and O–H groups in total. The first-order valence-electron chi connectivity index (χ1n) is 23.0. The molecule has 0 aromatic heterocycles. The number of hydrogen-bond acceptors (Lipinski definition) is 9. The van der Waals surface area contributed by atoms with Gasteiger partial charge in [-0.2, -0.15) is 0 Å². The summed E-state index contributed by atoms with van der Waals surface area (Å²) in [6, 6.07) is 0.208. The second kappa shape index (κ2) is 31.3. The molecule has 0 bridgehead atoms. The summed E-state index contributed by atoms with van der Waals surface area (Å²) in [6.45, 7) is 5.88. The summed E-state index contributed by atoms with van der Waals surface area (Å²) in [5.41, 5.74) is 0. The third-order valence-electron chi connectivity index (χ3n) is 11.3. The van der Waals surface area contributed by atoms with Gasteiger partial charge < -0.3 is 43.0 Å². The molecule has 350 valence electrons. The van der Waals surface area contributed by atoms with E-state index in [1.54, 1.807) is 36.5 Å². The van der Waals surface area contributed by atoms with Gasteiger partial charge in [-0.15, -0.1) is 0 Å². The molecule has 0 aliphatic rings. The monoisotopic (exact) mass is 855 g/mol. The second-order valence-electron chi connectivity index (χ2n) is 19.5. The first-order valence-corrected chi connectivity index (χ1v) is 23.0. The van der Waals surface area contributed by atoms with Gasteiger partial charge in [-0.25, -0.2) is 0 Å². The lowest BCUT2D eigenvalue weighted by atomic mass is 9.98. The molecule has 0 spiro atoms. The Kier molecular flexibility index (Phi) is 29.9. The number of rotatable bonds is 35. The number of unbranched alkanes of at least 4 members (excludes halogenated alkanes) is 6. The minimum absolute atomic E-state index is 0.0277. The highest BCUT2D eigenvalue weighted by molar-refractivity contribution is 5.73. The van der Waals surface area contributed by atoms with E-state index < -0.39 is 42.3 Å². The van der Waals surface area contributed by atoms with E-state index in [4.69, 9.17) is 14.2 Å². The molecular formula is C48H92N3O9+3. The Balaban J connectivity index is 5.49. The number of nitrogens with zero attached hydrogens (tertiary/aromatic N) is 3. The molecule has 6 unspecified atom stereocenters. The number of carbonyl (C=O) groups is 3. The van der Waals surface area contributed by atoms with Gasteiger partial charge in [-0.3, -0.25) is 14.4 Å². The molecule has 0 aliphatic heterocycles. The van der Waals surface area contributed by atoms with Crippen LogP contribution < -0.4 is 0 Å². The Morgan fingerprint density at radius 3 is 1.00 bits per heavy atom. The predicted octanol–water partition coefficient (Wildman–Crippen LogP) is 7.04. The van der Waals surface area contributed by atoms with E-state index in [0.29, 0.717) is 32.7 Å². The van der Waals surface area contributed by atoms with E-state index in [2.05, 4.69) is 84.2 Å². The quantitative estimate of drug-likeness (QED) is 0.0202. The third kappa shape index (κ3) is 27.4. The molecule has 0 aromatic rings. The average Bonchev–Trinajstić information content (AvgIpc) is 3.15. The lowest BCUT2D eigenvalue weighted by Crippen LogP contribution is -2.51. The molecule has 0 fully saturated rings. The number of esters is 3. The van der Waals surface area contributed by atoms with Crippen LogP contribution in [0, 0.1) is 0 Å². The maximum absolute atomic E-state index is 12.9. The summed E-state index contributed by atoms with van der Waals surface area (Å²) in [7, 11) is 18.7. The summed E-state index contributed by atoms with van der Waals surface area (Å²) in [6.07, 6.45) is 21.4. The Bertz CT molecular complexity index is 1180. The average molecular weight is 855 g/mol. The maximum Gasteiger partial charge on any atom is 0.310 e. The molecule has 12 nitrogen and oxygen atoms in total. The fourth-order valence-corrected chi connectivity index (χ4v) is 7.65. The molecule has 0 aromatic carbocycles. The van der Waals surface area contributed by atoms with E-state index in [1.165, 1.54) is 0 Å². The lowest BCUT2D eigenvalue weighted by Gasteiger charge is -2.37. The van der Waals surface area contributed by atoms with Crippen molar-refractivity contribution < 1.29 is 57.4 Å². The number of aliphatic hydroxyl groups excluding tert-OH is 3. The summed E-state index contributed by atoms with van der Waals surface area (Å²) in [5, 5.41) is 32.9. The van der Waals surface area contributed by atoms with Crippen LogP contribution in [0.2, 0.25) is 0 Å². The third-order valence-corrected chi connectivity index (χ3v) is 11.3. The van der Waals surface area contributed by atoms with Crippen LogP contribution in [0.25, 0.3) is 0 Å². The largest absolute Gasteiger partial charge is 0.461 e. The van der Waals surface area contributed by atoms with Crippen molar-refractivity contribution in [2.45, 2.75) is 179 Å². The molecule has 12 heteroatoms. The number of ether oxygens (including phenoxy) is 3. The van der Waals surface area contributed by atoms with E-state index in [0.717, 1.165) is 77.0 Å². The van der Waals surface area contributed by atoms with E-state index in [1.807, 2.05) is 0 Å². The van der Waals surface area contributed by atoms with Crippen molar-refractivity contribution in [3.63, 3.8) is 0 Å². The highest BCUT2D eigenvalue weighted by Gasteiger charge is 2.32. The van der Waals surface area contributed by atoms with Crippen LogP contribution in [0.1, 0.15) is 136 Å². The first-order chi connectivity index (χ1) is 28.1. The highest BCUT2D eigenvalue weighted by Crippen LogP contribution is 2.21. The van der Waals surface area contributed by atoms with Crippen molar-refractivity contribution >= 4 is 17.9 Å². The van der Waals surface area contributed by atoms with Gasteiger partial charge in [-0.05, 0) is 38.5 Å². The number of likely N-dealkylation sites (N-methyl/N-ethyl adjacent to an activating group) is 3. The Morgan fingerprint density at radius 2 is 0.733 bits per heavy atom. The van der Waals surface area contributed by atoms with Crippen molar-refractivity contribution in [2.75, 3.05) is 76.6 Å². The van der Waals surface area contributed by atoms with Gasteiger partial charge in [0.15, 0.2) is 6.10 Å². The van der Waals surface area contributed by atoms with E-state index in [-0.39, 0.29) is 50.6 Å². The van der Waals surface area contributed by atoms with Crippen LogP contribution in [0.3, 0.4) is 0 Å². The molecule has 0 radical (unpaired) electrons. The molecule has 60 heavy (non-hydrogen) atoms. The number of quaternary nitrogens is 3. The standard InChI is InChI=1S/C48H92N3O9/c1-13-16-19-28-40(49(4,5)6)43(52)31-22-25-34-46(55)58-37-39(60-48(57)36-27-24-33-45(54)42(51(10,11)12)30-21-18-15-3)38-59-47(56)35-26-23-32-44(53)41(50(7,8)9)29-20-17-14-2/h22-27,39-45,52-54H,13-21,28-38H2,1-12H3/q+3/b25-22+,26-23+,27-24+. The van der Waals surface area contributed by atoms with Gasteiger partial charge in [0.25, 0.3) is 0 Å². The molecule has 0 amide bonds. The van der Waals surface area contributed by atoms with Crippen molar-refractivity contribution in [1.29, 1.82) is 0 Å². The van der Waals surface area contributed by atoms with E-state index >= 15 is 0 Å². The van der Waals surface area contributed by atoms with Gasteiger partial charge in [0, 0.05) is 19.3 Å². The van der Waals surface area contributed by atoms with Crippen LogP contribution in [-0.4, -0.2) is 166 Å². The van der Waals surface area contributed by atoms with Crippen molar-refractivity contribution in [1.82, 2.24) is 0 Å². The fourth-order valence-electron chi connectivity index (χ4n) is 7.65. The zero-order valence-corrected chi connectivity index (χ0v) is 40.3. The molecule has 0 aliphatic carbocycles. The Hall–Kier alpha value is -2.61. The first kappa shape index (κ1) is 57.4. The van der Waals surface area contributed by atoms with Crippen molar-refractivity contribution in [3.8, 4) is 0 Å². The van der Waals surface area contributed by atoms with Crippen LogP contribution in [-0.2, 0) is 28.6 Å². The second-order valence-corrected chi connectivity index (χ2v) is 19.5.